The van der Waals surface area contributed by atoms with Gasteiger partial charge in [0.15, 0.2) is 0 Å². The number of imide groups is 1. The van der Waals surface area contributed by atoms with Crippen LogP contribution in [0.15, 0.2) is 18.2 Å². The molecule has 0 bridgehead atoms. The molecule has 6 nitrogen and oxygen atoms in total. The Hall–Kier alpha value is -2.08. The number of amides is 3. The summed E-state index contributed by atoms with van der Waals surface area (Å²) in [6.07, 6.45) is 2.01. The van der Waals surface area contributed by atoms with Gasteiger partial charge in [0.1, 0.15) is 11.3 Å². The van der Waals surface area contributed by atoms with E-state index in [1.165, 1.54) is 4.90 Å². The van der Waals surface area contributed by atoms with Gasteiger partial charge in [-0.2, -0.15) is 0 Å². The number of unbranched alkanes of at least 4 members (excludes halogenated alkanes) is 1. The van der Waals surface area contributed by atoms with Crippen molar-refractivity contribution in [2.45, 2.75) is 38.6 Å². The normalized spacial score (nSPS) is 20.8. The molecule has 3 N–H and O–H groups in total. The van der Waals surface area contributed by atoms with Crippen molar-refractivity contribution in [1.82, 2.24) is 10.2 Å². The monoisotopic (exact) mass is 319 g/mol. The maximum Gasteiger partial charge on any atom is 0.325 e. The molecule has 3 amide bonds. The molecule has 1 unspecified atom stereocenters. The van der Waals surface area contributed by atoms with Gasteiger partial charge in [-0.3, -0.25) is 9.69 Å². The molecule has 1 aromatic rings. The highest BCUT2D eigenvalue weighted by molar-refractivity contribution is 6.07. The minimum Gasteiger partial charge on any atom is -0.496 e. The van der Waals surface area contributed by atoms with Gasteiger partial charge >= 0.3 is 6.03 Å². The fourth-order valence-electron chi connectivity index (χ4n) is 3.03. The Bertz CT molecular complexity index is 603. The van der Waals surface area contributed by atoms with E-state index in [-0.39, 0.29) is 11.9 Å². The number of rotatable bonds is 7. The van der Waals surface area contributed by atoms with Gasteiger partial charge in [-0.05, 0) is 56.0 Å². The van der Waals surface area contributed by atoms with Crippen molar-refractivity contribution in [2.24, 2.45) is 5.73 Å². The molecule has 6 heteroatoms. The molecule has 1 heterocycles. The quantitative estimate of drug-likeness (QED) is 0.594. The molecule has 1 aliphatic rings. The predicted molar refractivity (Wildman–Crippen MR) is 88.2 cm³/mol. The number of benzene rings is 1. The number of nitrogens with two attached hydrogens (primary N) is 1. The second-order valence-electron chi connectivity index (χ2n) is 5.83. The number of hydrogen-bond acceptors (Lipinski definition) is 4. The zero-order chi connectivity index (χ0) is 17.0. The average Bonchev–Trinajstić information content (AvgIpc) is 2.80. The van der Waals surface area contributed by atoms with E-state index < -0.39 is 5.54 Å². The highest BCUT2D eigenvalue weighted by Gasteiger charge is 2.50. The maximum absolute atomic E-state index is 12.9. The molecule has 1 fully saturated rings. The van der Waals surface area contributed by atoms with Crippen LogP contribution in [0.25, 0.3) is 0 Å². The first-order valence-corrected chi connectivity index (χ1v) is 7.99. The molecular weight excluding hydrogens is 294 g/mol. The minimum absolute atomic E-state index is 0.188. The molecule has 2 rings (SSSR count). The molecule has 1 aromatic carbocycles. The van der Waals surface area contributed by atoms with Gasteiger partial charge in [0.25, 0.3) is 5.91 Å². The van der Waals surface area contributed by atoms with Gasteiger partial charge in [-0.1, -0.05) is 13.0 Å². The SMILES string of the molecule is CCC1(c2ccc(OC)c(C)c2)NC(=O)N(CCCCN)C1=O. The number of carbonyl (C=O) groups is 2. The number of urea groups is 1. The summed E-state index contributed by atoms with van der Waals surface area (Å²) in [6.45, 7) is 4.78. The Labute approximate surface area is 137 Å². The third kappa shape index (κ3) is 3.03. The van der Waals surface area contributed by atoms with Crippen LogP contribution < -0.4 is 15.8 Å². The van der Waals surface area contributed by atoms with Gasteiger partial charge in [-0.25, -0.2) is 4.79 Å². The summed E-state index contributed by atoms with van der Waals surface area (Å²) in [7, 11) is 1.61. The summed E-state index contributed by atoms with van der Waals surface area (Å²) in [5, 5.41) is 2.89. The summed E-state index contributed by atoms with van der Waals surface area (Å²) >= 11 is 0. The molecule has 0 aromatic heterocycles. The van der Waals surface area contributed by atoms with Crippen LogP contribution in [0.1, 0.15) is 37.3 Å². The molecule has 1 atom stereocenters. The molecule has 0 radical (unpaired) electrons. The van der Waals surface area contributed by atoms with E-state index >= 15 is 0 Å². The van der Waals surface area contributed by atoms with Gasteiger partial charge in [0.2, 0.25) is 0 Å². The number of nitrogens with zero attached hydrogens (tertiary/aromatic N) is 1. The minimum atomic E-state index is -0.989. The number of hydrogen-bond donors (Lipinski definition) is 2. The number of aryl methyl sites for hydroxylation is 1. The number of ether oxygens (including phenoxy) is 1. The summed E-state index contributed by atoms with van der Waals surface area (Å²) in [5.41, 5.74) is 6.21. The maximum atomic E-state index is 12.9. The van der Waals surface area contributed by atoms with Crippen LogP contribution >= 0.6 is 0 Å². The number of nitrogens with one attached hydrogen (secondary N) is 1. The van der Waals surface area contributed by atoms with Crippen LogP contribution in [-0.2, 0) is 10.3 Å². The number of carbonyl (C=O) groups excluding carboxylic acids is 2. The molecule has 0 spiro atoms. The standard InChI is InChI=1S/C17H25N3O3/c1-4-17(13-7-8-14(23-3)12(2)11-13)15(21)20(16(22)19-17)10-6-5-9-18/h7-8,11H,4-6,9-10,18H2,1-3H3,(H,19,22). The fraction of sp³-hybridized carbons (Fsp3) is 0.529. The van der Waals surface area contributed by atoms with Crippen LogP contribution in [0.2, 0.25) is 0 Å². The van der Waals surface area contributed by atoms with E-state index in [1.807, 2.05) is 32.0 Å². The third-order valence-electron chi connectivity index (χ3n) is 4.43. The average molecular weight is 319 g/mol. The van der Waals surface area contributed by atoms with Crippen molar-refractivity contribution in [1.29, 1.82) is 0 Å². The van der Waals surface area contributed by atoms with E-state index in [9.17, 15) is 9.59 Å². The molecular formula is C17H25N3O3. The molecule has 23 heavy (non-hydrogen) atoms. The summed E-state index contributed by atoms with van der Waals surface area (Å²) < 4.78 is 5.27. The van der Waals surface area contributed by atoms with E-state index in [0.29, 0.717) is 19.5 Å². The number of methoxy groups -OCH3 is 1. The fourth-order valence-corrected chi connectivity index (χ4v) is 3.03. The highest BCUT2D eigenvalue weighted by Crippen LogP contribution is 2.34. The van der Waals surface area contributed by atoms with Crippen LogP contribution in [0.5, 0.6) is 5.75 Å². The summed E-state index contributed by atoms with van der Waals surface area (Å²) in [5.74, 6) is 0.572. The third-order valence-corrected chi connectivity index (χ3v) is 4.43. The van der Waals surface area contributed by atoms with Crippen molar-refractivity contribution >= 4 is 11.9 Å². The van der Waals surface area contributed by atoms with Crippen molar-refractivity contribution < 1.29 is 14.3 Å². The molecule has 0 saturated carbocycles. The molecule has 1 aliphatic heterocycles. The zero-order valence-corrected chi connectivity index (χ0v) is 14.0. The first kappa shape index (κ1) is 17.3. The Kier molecular flexibility index (Phi) is 5.26. The van der Waals surface area contributed by atoms with E-state index in [2.05, 4.69) is 5.32 Å². The first-order chi connectivity index (χ1) is 11.0. The Morgan fingerprint density at radius 2 is 2.04 bits per heavy atom. The second-order valence-corrected chi connectivity index (χ2v) is 5.83. The summed E-state index contributed by atoms with van der Waals surface area (Å²) in [4.78, 5) is 26.5. The van der Waals surface area contributed by atoms with Crippen molar-refractivity contribution in [3.63, 3.8) is 0 Å². The van der Waals surface area contributed by atoms with Gasteiger partial charge < -0.3 is 15.8 Å². The highest BCUT2D eigenvalue weighted by atomic mass is 16.5. The Balaban J connectivity index is 2.32. The van der Waals surface area contributed by atoms with Crippen molar-refractivity contribution in [2.75, 3.05) is 20.2 Å². The van der Waals surface area contributed by atoms with Crippen molar-refractivity contribution in [3.8, 4) is 5.75 Å². The van der Waals surface area contributed by atoms with Crippen LogP contribution in [0, 0.1) is 6.92 Å². The second kappa shape index (κ2) is 7.00. The lowest BCUT2D eigenvalue weighted by Crippen LogP contribution is -2.43. The largest absolute Gasteiger partial charge is 0.496 e. The van der Waals surface area contributed by atoms with Crippen molar-refractivity contribution in [3.05, 3.63) is 29.3 Å². The Morgan fingerprint density at radius 1 is 1.30 bits per heavy atom. The van der Waals surface area contributed by atoms with Crippen LogP contribution in [0.4, 0.5) is 4.79 Å². The molecule has 0 aliphatic carbocycles. The molecule has 1 saturated heterocycles. The zero-order valence-electron chi connectivity index (χ0n) is 14.0. The van der Waals surface area contributed by atoms with Gasteiger partial charge in [0.05, 0.1) is 7.11 Å². The van der Waals surface area contributed by atoms with E-state index in [4.69, 9.17) is 10.5 Å². The van der Waals surface area contributed by atoms with E-state index in [1.54, 1.807) is 7.11 Å². The first-order valence-electron chi connectivity index (χ1n) is 7.99. The van der Waals surface area contributed by atoms with Crippen LogP contribution in [-0.4, -0.2) is 37.0 Å². The lowest BCUT2D eigenvalue weighted by Gasteiger charge is -2.26. The lowest BCUT2D eigenvalue weighted by molar-refractivity contribution is -0.131. The summed E-state index contributed by atoms with van der Waals surface area (Å²) in [6, 6.07) is 5.25. The lowest BCUT2D eigenvalue weighted by atomic mass is 9.86. The Morgan fingerprint density at radius 3 is 2.61 bits per heavy atom. The van der Waals surface area contributed by atoms with Gasteiger partial charge in [-0.15, -0.1) is 0 Å². The topological polar surface area (TPSA) is 84.7 Å². The van der Waals surface area contributed by atoms with Crippen LogP contribution in [0.3, 0.4) is 0 Å². The smallest absolute Gasteiger partial charge is 0.325 e. The van der Waals surface area contributed by atoms with Gasteiger partial charge in [0, 0.05) is 6.54 Å². The predicted octanol–water partition coefficient (Wildman–Crippen LogP) is 1.90. The molecule has 126 valence electrons. The van der Waals surface area contributed by atoms with E-state index in [0.717, 1.165) is 29.7 Å².